The highest BCUT2D eigenvalue weighted by atomic mass is 16.6. The molecule has 0 saturated carbocycles. The second-order valence-electron chi connectivity index (χ2n) is 4.70. The number of nitro groups is 2. The Balaban J connectivity index is 2.70. The molecule has 0 aliphatic rings. The van der Waals surface area contributed by atoms with Gasteiger partial charge in [-0.2, -0.15) is 0 Å². The maximum absolute atomic E-state index is 11.3. The van der Waals surface area contributed by atoms with Gasteiger partial charge in [-0.25, -0.2) is 0 Å². The molecule has 0 aliphatic carbocycles. The first kappa shape index (κ1) is 15.6. The smallest absolute Gasteiger partial charge is 0.280 e. The molecule has 22 heavy (non-hydrogen) atoms. The molecule has 0 amide bonds. The third kappa shape index (κ3) is 3.26. The van der Waals surface area contributed by atoms with Crippen molar-refractivity contribution in [1.29, 1.82) is 0 Å². The molecule has 0 unspecified atom stereocenters. The van der Waals surface area contributed by atoms with Crippen LogP contribution in [0.2, 0.25) is 0 Å². The molecular weight excluding hydrogens is 288 g/mol. The number of hydrogen-bond donors (Lipinski definition) is 1. The minimum Gasteiger partial charge on any atom is -0.396 e. The molecular formula is C15H14N2O5. The second-order valence-corrected chi connectivity index (χ2v) is 4.70. The van der Waals surface area contributed by atoms with Crippen LogP contribution in [0.15, 0.2) is 42.5 Å². The summed E-state index contributed by atoms with van der Waals surface area (Å²) in [6.45, 7) is -0.109. The first-order chi connectivity index (χ1) is 10.5. The Morgan fingerprint density at radius 3 is 2.23 bits per heavy atom. The molecule has 0 atom stereocenters. The second kappa shape index (κ2) is 6.77. The van der Waals surface area contributed by atoms with Crippen LogP contribution in [0.5, 0.6) is 0 Å². The predicted octanol–water partition coefficient (Wildman–Crippen LogP) is 3.09. The van der Waals surface area contributed by atoms with Crippen molar-refractivity contribution in [2.75, 3.05) is 6.61 Å². The van der Waals surface area contributed by atoms with Crippen molar-refractivity contribution < 1.29 is 15.0 Å². The Labute approximate surface area is 126 Å². The molecule has 0 radical (unpaired) electrons. The number of aliphatic hydroxyl groups is 1. The van der Waals surface area contributed by atoms with Gasteiger partial charge in [0.2, 0.25) is 0 Å². The molecule has 7 heteroatoms. The molecule has 7 nitrogen and oxygen atoms in total. The van der Waals surface area contributed by atoms with Gasteiger partial charge in [0.05, 0.1) is 15.9 Å². The fourth-order valence-corrected chi connectivity index (χ4v) is 2.30. The summed E-state index contributed by atoms with van der Waals surface area (Å²) in [5.41, 5.74) is 0.910. The summed E-state index contributed by atoms with van der Waals surface area (Å²) in [6.07, 6.45) is 0.619. The van der Waals surface area contributed by atoms with E-state index in [4.69, 9.17) is 5.11 Å². The molecule has 0 spiro atoms. The lowest BCUT2D eigenvalue weighted by atomic mass is 9.94. The van der Waals surface area contributed by atoms with Gasteiger partial charge in [-0.3, -0.25) is 20.2 Å². The van der Waals surface area contributed by atoms with E-state index in [1.807, 2.05) is 0 Å². The van der Waals surface area contributed by atoms with E-state index in [0.29, 0.717) is 23.1 Å². The Morgan fingerprint density at radius 1 is 1.00 bits per heavy atom. The van der Waals surface area contributed by atoms with Crippen LogP contribution in [-0.2, 0) is 6.42 Å². The molecule has 114 valence electrons. The van der Waals surface area contributed by atoms with Crippen LogP contribution in [-0.4, -0.2) is 21.6 Å². The highest BCUT2D eigenvalue weighted by Crippen LogP contribution is 2.35. The van der Waals surface area contributed by atoms with E-state index < -0.39 is 9.85 Å². The topological polar surface area (TPSA) is 107 Å². The summed E-state index contributed by atoms with van der Waals surface area (Å²) in [6, 6.07) is 11.1. The minimum absolute atomic E-state index is 0.109. The number of benzene rings is 2. The third-order valence-electron chi connectivity index (χ3n) is 3.29. The van der Waals surface area contributed by atoms with Gasteiger partial charge in [-0.15, -0.1) is 0 Å². The van der Waals surface area contributed by atoms with Crippen molar-refractivity contribution in [2.45, 2.75) is 12.8 Å². The van der Waals surface area contributed by atoms with Crippen molar-refractivity contribution in [3.63, 3.8) is 0 Å². The highest BCUT2D eigenvalue weighted by Gasteiger charge is 2.24. The van der Waals surface area contributed by atoms with E-state index in [0.717, 1.165) is 6.07 Å². The first-order valence-corrected chi connectivity index (χ1v) is 6.66. The fourth-order valence-electron chi connectivity index (χ4n) is 2.30. The van der Waals surface area contributed by atoms with Gasteiger partial charge in [-0.1, -0.05) is 30.3 Å². The van der Waals surface area contributed by atoms with Crippen LogP contribution in [0.4, 0.5) is 11.4 Å². The summed E-state index contributed by atoms with van der Waals surface area (Å²) in [5.74, 6) is 0. The molecule has 0 fully saturated rings. The molecule has 2 aromatic carbocycles. The van der Waals surface area contributed by atoms with E-state index in [2.05, 4.69) is 0 Å². The number of aliphatic hydroxyl groups excluding tert-OH is 1. The molecule has 0 saturated heterocycles. The van der Waals surface area contributed by atoms with E-state index in [1.165, 1.54) is 6.07 Å². The summed E-state index contributed by atoms with van der Waals surface area (Å²) < 4.78 is 0. The molecule has 0 bridgehead atoms. The average molecular weight is 302 g/mol. The monoisotopic (exact) mass is 302 g/mol. The lowest BCUT2D eigenvalue weighted by Gasteiger charge is -2.10. The zero-order chi connectivity index (χ0) is 16.1. The van der Waals surface area contributed by atoms with E-state index in [9.17, 15) is 20.2 Å². The Morgan fingerprint density at radius 2 is 1.68 bits per heavy atom. The van der Waals surface area contributed by atoms with Crippen LogP contribution < -0.4 is 0 Å². The normalized spacial score (nSPS) is 10.4. The van der Waals surface area contributed by atoms with Crippen molar-refractivity contribution >= 4 is 11.4 Å². The van der Waals surface area contributed by atoms with Crippen LogP contribution in [0, 0.1) is 20.2 Å². The number of nitrogens with zero attached hydrogens (tertiary/aromatic N) is 2. The summed E-state index contributed by atoms with van der Waals surface area (Å²) in [7, 11) is 0. The Bertz CT molecular complexity index is 701. The predicted molar refractivity (Wildman–Crippen MR) is 80.6 cm³/mol. The van der Waals surface area contributed by atoms with Crippen LogP contribution in [0.1, 0.15) is 12.0 Å². The van der Waals surface area contributed by atoms with Crippen molar-refractivity contribution in [3.05, 3.63) is 68.3 Å². The molecule has 0 aromatic heterocycles. The van der Waals surface area contributed by atoms with Crippen LogP contribution >= 0.6 is 0 Å². The zero-order valence-corrected chi connectivity index (χ0v) is 11.6. The van der Waals surface area contributed by atoms with E-state index >= 15 is 0 Å². The van der Waals surface area contributed by atoms with Crippen molar-refractivity contribution in [1.82, 2.24) is 0 Å². The van der Waals surface area contributed by atoms with Crippen molar-refractivity contribution in [3.8, 4) is 11.1 Å². The zero-order valence-electron chi connectivity index (χ0n) is 11.6. The molecule has 2 aromatic rings. The minimum atomic E-state index is -0.644. The SMILES string of the molecule is O=[N+]([O-])c1cc(-c2ccccc2)c(CCCO)c([N+](=O)[O-])c1. The van der Waals surface area contributed by atoms with Crippen LogP contribution in [0.25, 0.3) is 11.1 Å². The molecule has 0 aliphatic heterocycles. The number of non-ortho nitro benzene ring substituents is 1. The maximum atomic E-state index is 11.3. The van der Waals surface area contributed by atoms with Crippen molar-refractivity contribution in [2.24, 2.45) is 0 Å². The Kier molecular flexibility index (Phi) is 4.80. The van der Waals surface area contributed by atoms with Gasteiger partial charge < -0.3 is 5.11 Å². The van der Waals surface area contributed by atoms with Gasteiger partial charge in [0.1, 0.15) is 0 Å². The molecule has 0 heterocycles. The molecule has 2 rings (SSSR count). The quantitative estimate of drug-likeness (QED) is 0.651. The summed E-state index contributed by atoms with van der Waals surface area (Å²) in [5, 5.41) is 31.3. The standard InChI is InChI=1S/C15H14N2O5/c18-8-4-7-13-14(11-5-2-1-3-6-11)9-12(16(19)20)10-15(13)17(21)22/h1-3,5-6,9-10,18H,4,7-8H2. The van der Waals surface area contributed by atoms with Gasteiger partial charge in [-0.05, 0) is 24.0 Å². The van der Waals surface area contributed by atoms with Gasteiger partial charge in [0.25, 0.3) is 11.4 Å². The number of nitro benzene ring substituents is 2. The van der Waals surface area contributed by atoms with Gasteiger partial charge >= 0.3 is 0 Å². The highest BCUT2D eigenvalue weighted by molar-refractivity contribution is 5.74. The van der Waals surface area contributed by atoms with E-state index in [-0.39, 0.29) is 24.4 Å². The van der Waals surface area contributed by atoms with Gasteiger partial charge in [0.15, 0.2) is 0 Å². The van der Waals surface area contributed by atoms with Gasteiger partial charge in [0, 0.05) is 18.2 Å². The maximum Gasteiger partial charge on any atom is 0.280 e. The third-order valence-corrected chi connectivity index (χ3v) is 3.29. The lowest BCUT2D eigenvalue weighted by molar-refractivity contribution is -0.394. The van der Waals surface area contributed by atoms with E-state index in [1.54, 1.807) is 30.3 Å². The lowest BCUT2D eigenvalue weighted by Crippen LogP contribution is -2.02. The average Bonchev–Trinajstić information content (AvgIpc) is 2.52. The van der Waals surface area contributed by atoms with Crippen LogP contribution in [0.3, 0.4) is 0 Å². The Hall–Kier alpha value is -2.80. The largest absolute Gasteiger partial charge is 0.396 e. The summed E-state index contributed by atoms with van der Waals surface area (Å²) in [4.78, 5) is 21.0. The number of hydrogen-bond acceptors (Lipinski definition) is 5. The fraction of sp³-hybridized carbons (Fsp3) is 0.200. The first-order valence-electron chi connectivity index (χ1n) is 6.66. The number of rotatable bonds is 6. The molecule has 1 N–H and O–H groups in total. The summed E-state index contributed by atoms with van der Waals surface area (Å²) >= 11 is 0.